The highest BCUT2D eigenvalue weighted by Crippen LogP contribution is 2.28. The summed E-state index contributed by atoms with van der Waals surface area (Å²) >= 11 is 6.29. The molecule has 4 nitrogen and oxygen atoms in total. The Balaban J connectivity index is 1.69. The lowest BCUT2D eigenvalue weighted by molar-refractivity contribution is 0.100. The SMILES string of the molecule is O=C(c1cn(-c2cccc(-c3ccccc3Cl)c2)cn1)c1ccco1. The summed E-state index contributed by atoms with van der Waals surface area (Å²) in [5.74, 6) is 0.0288. The molecule has 0 amide bonds. The van der Waals surface area contributed by atoms with Gasteiger partial charge in [0.05, 0.1) is 6.26 Å². The molecule has 2 aromatic carbocycles. The summed E-state index contributed by atoms with van der Waals surface area (Å²) in [4.78, 5) is 16.5. The number of nitrogens with zero attached hydrogens (tertiary/aromatic N) is 2. The van der Waals surface area contributed by atoms with Crippen LogP contribution in [0.15, 0.2) is 83.9 Å². The monoisotopic (exact) mass is 348 g/mol. The number of hydrogen-bond donors (Lipinski definition) is 0. The minimum atomic E-state index is -0.244. The van der Waals surface area contributed by atoms with Gasteiger partial charge in [-0.15, -0.1) is 0 Å². The summed E-state index contributed by atoms with van der Waals surface area (Å²) in [5, 5.41) is 0.693. The fraction of sp³-hybridized carbons (Fsp3) is 0. The van der Waals surface area contributed by atoms with Gasteiger partial charge in [-0.3, -0.25) is 4.79 Å². The number of ketones is 1. The molecule has 0 unspecified atom stereocenters. The van der Waals surface area contributed by atoms with Gasteiger partial charge in [0.1, 0.15) is 12.0 Å². The van der Waals surface area contributed by atoms with E-state index in [9.17, 15) is 4.79 Å². The number of rotatable bonds is 4. The minimum absolute atomic E-state index is 0.244. The summed E-state index contributed by atoms with van der Waals surface area (Å²) < 4.78 is 6.94. The number of furan rings is 1. The lowest BCUT2D eigenvalue weighted by Gasteiger charge is -2.07. The quantitative estimate of drug-likeness (QED) is 0.487. The van der Waals surface area contributed by atoms with Crippen molar-refractivity contribution >= 4 is 17.4 Å². The van der Waals surface area contributed by atoms with Crippen LogP contribution in [0.3, 0.4) is 0 Å². The molecule has 0 atom stereocenters. The first kappa shape index (κ1) is 15.4. The molecule has 5 heteroatoms. The molecule has 4 aromatic rings. The van der Waals surface area contributed by atoms with Crippen molar-refractivity contribution < 1.29 is 9.21 Å². The normalized spacial score (nSPS) is 10.8. The largest absolute Gasteiger partial charge is 0.461 e. The van der Waals surface area contributed by atoms with Crippen molar-refractivity contribution in [1.82, 2.24) is 9.55 Å². The molecule has 0 radical (unpaired) electrons. The minimum Gasteiger partial charge on any atom is -0.461 e. The topological polar surface area (TPSA) is 48.0 Å². The van der Waals surface area contributed by atoms with E-state index in [2.05, 4.69) is 4.98 Å². The Bertz CT molecular complexity index is 1040. The van der Waals surface area contributed by atoms with E-state index in [4.69, 9.17) is 16.0 Å². The molecule has 0 saturated heterocycles. The second-order valence-corrected chi connectivity index (χ2v) is 5.91. The highest BCUT2D eigenvalue weighted by atomic mass is 35.5. The van der Waals surface area contributed by atoms with Gasteiger partial charge < -0.3 is 8.98 Å². The van der Waals surface area contributed by atoms with Gasteiger partial charge in [-0.1, -0.05) is 41.9 Å². The van der Waals surface area contributed by atoms with Crippen LogP contribution in [0.25, 0.3) is 16.8 Å². The molecular formula is C20H13ClN2O2. The van der Waals surface area contributed by atoms with Crippen molar-refractivity contribution in [3.05, 3.63) is 95.9 Å². The highest BCUT2D eigenvalue weighted by Gasteiger charge is 2.15. The van der Waals surface area contributed by atoms with E-state index >= 15 is 0 Å². The van der Waals surface area contributed by atoms with Crippen molar-refractivity contribution in [3.63, 3.8) is 0 Å². The van der Waals surface area contributed by atoms with Gasteiger partial charge in [-0.25, -0.2) is 4.98 Å². The molecule has 0 spiro atoms. The summed E-state index contributed by atoms with van der Waals surface area (Å²) in [5.41, 5.74) is 3.18. The zero-order valence-corrected chi connectivity index (χ0v) is 13.9. The lowest BCUT2D eigenvalue weighted by Crippen LogP contribution is -1.99. The molecule has 122 valence electrons. The van der Waals surface area contributed by atoms with E-state index in [-0.39, 0.29) is 11.5 Å². The van der Waals surface area contributed by atoms with E-state index in [1.54, 1.807) is 29.2 Å². The van der Waals surface area contributed by atoms with Crippen LogP contribution in [0.5, 0.6) is 0 Å². The molecule has 2 aromatic heterocycles. The number of carbonyl (C=O) groups excluding carboxylic acids is 1. The van der Waals surface area contributed by atoms with E-state index in [0.29, 0.717) is 10.7 Å². The summed E-state index contributed by atoms with van der Waals surface area (Å²) in [7, 11) is 0. The Morgan fingerprint density at radius 2 is 1.92 bits per heavy atom. The van der Waals surface area contributed by atoms with E-state index in [0.717, 1.165) is 16.8 Å². The first-order valence-electron chi connectivity index (χ1n) is 7.70. The van der Waals surface area contributed by atoms with Crippen LogP contribution < -0.4 is 0 Å². The van der Waals surface area contributed by atoms with Crippen LogP contribution in [-0.4, -0.2) is 15.3 Å². The van der Waals surface area contributed by atoms with Crippen LogP contribution in [0.4, 0.5) is 0 Å². The maximum atomic E-state index is 12.3. The molecule has 0 saturated carbocycles. The van der Waals surface area contributed by atoms with Crippen molar-refractivity contribution in [2.24, 2.45) is 0 Å². The number of halogens is 1. The van der Waals surface area contributed by atoms with Gasteiger partial charge >= 0.3 is 0 Å². The number of aromatic nitrogens is 2. The van der Waals surface area contributed by atoms with Crippen LogP contribution in [0.2, 0.25) is 5.02 Å². The zero-order chi connectivity index (χ0) is 17.2. The van der Waals surface area contributed by atoms with Crippen LogP contribution in [0, 0.1) is 0 Å². The predicted octanol–water partition coefficient (Wildman–Crippen LogP) is 5.02. The Kier molecular flexibility index (Phi) is 3.96. The maximum absolute atomic E-state index is 12.3. The van der Waals surface area contributed by atoms with E-state index < -0.39 is 0 Å². The fourth-order valence-electron chi connectivity index (χ4n) is 2.64. The summed E-state index contributed by atoms with van der Waals surface area (Å²) in [6, 6.07) is 18.9. The third kappa shape index (κ3) is 2.99. The number of benzene rings is 2. The van der Waals surface area contributed by atoms with Crippen LogP contribution >= 0.6 is 11.6 Å². The fourth-order valence-corrected chi connectivity index (χ4v) is 2.89. The maximum Gasteiger partial charge on any atom is 0.248 e. The van der Waals surface area contributed by atoms with E-state index in [1.807, 2.05) is 48.5 Å². The molecule has 2 heterocycles. The first-order chi connectivity index (χ1) is 12.2. The Labute approximate surface area is 149 Å². The standard InChI is InChI=1S/C20H13ClN2O2/c21-17-8-2-1-7-16(17)14-5-3-6-15(11-14)23-12-18(22-13-23)20(24)19-9-4-10-25-19/h1-13H. The summed E-state index contributed by atoms with van der Waals surface area (Å²) in [6.07, 6.45) is 4.77. The van der Waals surface area contributed by atoms with Crippen LogP contribution in [0.1, 0.15) is 16.2 Å². The molecule has 0 aliphatic rings. The van der Waals surface area contributed by atoms with Crippen molar-refractivity contribution in [3.8, 4) is 16.8 Å². The lowest BCUT2D eigenvalue weighted by atomic mass is 10.1. The smallest absolute Gasteiger partial charge is 0.248 e. The molecule has 0 bridgehead atoms. The predicted molar refractivity (Wildman–Crippen MR) is 96.2 cm³/mol. The highest BCUT2D eigenvalue weighted by molar-refractivity contribution is 6.33. The molecule has 0 aliphatic carbocycles. The van der Waals surface area contributed by atoms with Gasteiger partial charge in [0.2, 0.25) is 5.78 Å². The number of hydrogen-bond acceptors (Lipinski definition) is 3. The number of imidazole rings is 1. The third-order valence-electron chi connectivity index (χ3n) is 3.89. The molecule has 0 fully saturated rings. The molecular weight excluding hydrogens is 336 g/mol. The third-order valence-corrected chi connectivity index (χ3v) is 4.22. The zero-order valence-electron chi connectivity index (χ0n) is 13.1. The molecule has 4 rings (SSSR count). The molecule has 0 N–H and O–H groups in total. The average Bonchev–Trinajstić information content (AvgIpc) is 3.34. The van der Waals surface area contributed by atoms with Crippen molar-refractivity contribution in [2.75, 3.05) is 0 Å². The second-order valence-electron chi connectivity index (χ2n) is 5.50. The molecule has 0 aliphatic heterocycles. The van der Waals surface area contributed by atoms with Gasteiger partial charge in [0, 0.05) is 22.5 Å². The Hall–Kier alpha value is -3.11. The van der Waals surface area contributed by atoms with Gasteiger partial charge in [-0.2, -0.15) is 0 Å². The Morgan fingerprint density at radius 3 is 2.72 bits per heavy atom. The van der Waals surface area contributed by atoms with Gasteiger partial charge in [0.25, 0.3) is 0 Å². The van der Waals surface area contributed by atoms with E-state index in [1.165, 1.54) is 6.26 Å². The summed E-state index contributed by atoms with van der Waals surface area (Å²) in [6.45, 7) is 0. The second kappa shape index (κ2) is 6.42. The van der Waals surface area contributed by atoms with Crippen LogP contribution in [-0.2, 0) is 0 Å². The first-order valence-corrected chi connectivity index (χ1v) is 8.08. The Morgan fingerprint density at radius 1 is 1.04 bits per heavy atom. The van der Waals surface area contributed by atoms with Gasteiger partial charge in [-0.05, 0) is 35.9 Å². The number of carbonyl (C=O) groups is 1. The average molecular weight is 349 g/mol. The molecule has 25 heavy (non-hydrogen) atoms. The van der Waals surface area contributed by atoms with Crippen molar-refractivity contribution in [1.29, 1.82) is 0 Å². The van der Waals surface area contributed by atoms with Crippen molar-refractivity contribution in [2.45, 2.75) is 0 Å². The van der Waals surface area contributed by atoms with Gasteiger partial charge in [0.15, 0.2) is 5.76 Å².